The number of morpholine rings is 1. The van der Waals surface area contributed by atoms with Crippen LogP contribution in [0.25, 0.3) is 11.1 Å². The largest absolute Gasteiger partial charge is 0.423 e. The molecule has 7 heteroatoms. The van der Waals surface area contributed by atoms with Crippen LogP contribution in [0, 0.1) is 13.8 Å². The first kappa shape index (κ1) is 14.2. The molecule has 1 aliphatic heterocycles. The number of hydrogen-bond acceptors (Lipinski definition) is 6. The second-order valence-electron chi connectivity index (χ2n) is 5.79. The second-order valence-corrected chi connectivity index (χ2v) is 5.79. The maximum atomic E-state index is 5.87. The highest BCUT2D eigenvalue weighted by atomic mass is 16.5. The van der Waals surface area contributed by atoms with E-state index in [1.54, 1.807) is 0 Å². The van der Waals surface area contributed by atoms with E-state index in [1.165, 1.54) is 0 Å². The fraction of sp³-hybridized carbons (Fsp3) is 0.438. The summed E-state index contributed by atoms with van der Waals surface area (Å²) in [6.45, 7) is 6.70. The van der Waals surface area contributed by atoms with Gasteiger partial charge in [-0.15, -0.1) is 0 Å². The van der Waals surface area contributed by atoms with Crippen LogP contribution in [-0.4, -0.2) is 45.5 Å². The van der Waals surface area contributed by atoms with Crippen LogP contribution >= 0.6 is 0 Å². The lowest BCUT2D eigenvalue weighted by Crippen LogP contribution is -2.44. The van der Waals surface area contributed by atoms with Gasteiger partial charge in [-0.3, -0.25) is 0 Å². The molecule has 3 heterocycles. The highest BCUT2D eigenvalue weighted by molar-refractivity contribution is 5.74. The number of fused-ring (bicyclic) bond motifs is 1. The third-order valence-corrected chi connectivity index (χ3v) is 4.03. The number of hydrogen-bond donors (Lipinski definition) is 0. The minimum Gasteiger partial charge on any atom is -0.423 e. The molecule has 0 bridgehead atoms. The zero-order valence-electron chi connectivity index (χ0n) is 13.3. The van der Waals surface area contributed by atoms with Crippen LogP contribution in [0.2, 0.25) is 0 Å². The second kappa shape index (κ2) is 5.66. The van der Waals surface area contributed by atoms with Gasteiger partial charge in [0.25, 0.3) is 6.01 Å². The molecule has 1 saturated heterocycles. The molecule has 3 aromatic rings. The number of aromatic nitrogens is 4. The Hall–Kier alpha value is -2.41. The van der Waals surface area contributed by atoms with Crippen LogP contribution in [0.15, 0.2) is 28.7 Å². The van der Waals surface area contributed by atoms with E-state index in [0.717, 1.165) is 35.8 Å². The Morgan fingerprint density at radius 2 is 2.09 bits per heavy atom. The van der Waals surface area contributed by atoms with Crippen molar-refractivity contribution in [2.45, 2.75) is 26.5 Å². The van der Waals surface area contributed by atoms with Crippen molar-refractivity contribution >= 4 is 17.1 Å². The molecule has 4 rings (SSSR count). The molecule has 1 fully saturated rings. The molecule has 1 atom stereocenters. The quantitative estimate of drug-likeness (QED) is 0.736. The van der Waals surface area contributed by atoms with Gasteiger partial charge in [-0.1, -0.05) is 12.1 Å². The van der Waals surface area contributed by atoms with E-state index in [1.807, 2.05) is 42.8 Å². The highest BCUT2D eigenvalue weighted by Gasteiger charge is 2.25. The molecule has 1 aromatic carbocycles. The van der Waals surface area contributed by atoms with Gasteiger partial charge in [-0.25, -0.2) is 9.67 Å². The van der Waals surface area contributed by atoms with Crippen LogP contribution < -0.4 is 4.90 Å². The summed E-state index contributed by atoms with van der Waals surface area (Å²) in [7, 11) is 0. The molecule has 0 aliphatic carbocycles. The van der Waals surface area contributed by atoms with Crippen molar-refractivity contribution in [3.63, 3.8) is 0 Å². The third-order valence-electron chi connectivity index (χ3n) is 4.03. The van der Waals surface area contributed by atoms with Gasteiger partial charge >= 0.3 is 0 Å². The SMILES string of the molecule is Cc1nc(C)n(CC2CN(c3nc4ccccc4o3)CCO2)n1. The van der Waals surface area contributed by atoms with E-state index in [-0.39, 0.29) is 6.10 Å². The van der Waals surface area contributed by atoms with E-state index in [4.69, 9.17) is 9.15 Å². The predicted molar refractivity (Wildman–Crippen MR) is 85.5 cm³/mol. The fourth-order valence-corrected chi connectivity index (χ4v) is 2.93. The van der Waals surface area contributed by atoms with Gasteiger partial charge in [0.05, 0.1) is 25.8 Å². The van der Waals surface area contributed by atoms with Gasteiger partial charge in [0.15, 0.2) is 5.58 Å². The number of ether oxygens (including phenoxy) is 1. The number of para-hydroxylation sites is 2. The van der Waals surface area contributed by atoms with Crippen LogP contribution in [-0.2, 0) is 11.3 Å². The van der Waals surface area contributed by atoms with E-state index in [0.29, 0.717) is 19.2 Å². The molecule has 120 valence electrons. The zero-order chi connectivity index (χ0) is 15.8. The molecule has 0 radical (unpaired) electrons. The summed E-state index contributed by atoms with van der Waals surface area (Å²) in [4.78, 5) is 11.0. The first-order valence-electron chi connectivity index (χ1n) is 7.79. The van der Waals surface area contributed by atoms with Crippen molar-refractivity contribution in [3.8, 4) is 0 Å². The third kappa shape index (κ3) is 2.79. The minimum atomic E-state index is 0.0403. The van der Waals surface area contributed by atoms with Gasteiger partial charge in [-0.2, -0.15) is 10.1 Å². The van der Waals surface area contributed by atoms with Crippen molar-refractivity contribution in [1.29, 1.82) is 0 Å². The average Bonchev–Trinajstić information content (AvgIpc) is 3.11. The summed E-state index contributed by atoms with van der Waals surface area (Å²) in [6.07, 6.45) is 0.0403. The standard InChI is InChI=1S/C16H19N5O2/c1-11-17-12(2)21(19-11)10-13-9-20(7-8-22-13)16-18-14-5-3-4-6-15(14)23-16/h3-6,13H,7-10H2,1-2H3. The number of benzene rings is 1. The van der Waals surface area contributed by atoms with Crippen LogP contribution in [0.4, 0.5) is 6.01 Å². The first-order valence-corrected chi connectivity index (χ1v) is 7.79. The Labute approximate surface area is 133 Å². The summed E-state index contributed by atoms with van der Waals surface area (Å²) >= 11 is 0. The van der Waals surface area contributed by atoms with Gasteiger partial charge < -0.3 is 14.1 Å². The van der Waals surface area contributed by atoms with E-state index >= 15 is 0 Å². The lowest BCUT2D eigenvalue weighted by molar-refractivity contribution is 0.0254. The van der Waals surface area contributed by atoms with E-state index in [9.17, 15) is 0 Å². The smallest absolute Gasteiger partial charge is 0.298 e. The molecule has 23 heavy (non-hydrogen) atoms. The van der Waals surface area contributed by atoms with Gasteiger partial charge in [0.2, 0.25) is 0 Å². The maximum absolute atomic E-state index is 5.87. The normalized spacial score (nSPS) is 18.7. The van der Waals surface area contributed by atoms with Gasteiger partial charge in [-0.05, 0) is 26.0 Å². The Bertz CT molecular complexity index is 792. The maximum Gasteiger partial charge on any atom is 0.298 e. The molecule has 0 saturated carbocycles. The van der Waals surface area contributed by atoms with E-state index in [2.05, 4.69) is 20.0 Å². The van der Waals surface area contributed by atoms with Gasteiger partial charge in [0.1, 0.15) is 17.2 Å². The molecule has 7 nitrogen and oxygen atoms in total. The number of rotatable bonds is 3. The van der Waals surface area contributed by atoms with Crippen LogP contribution in [0.1, 0.15) is 11.6 Å². The lowest BCUT2D eigenvalue weighted by atomic mass is 10.3. The number of nitrogens with zero attached hydrogens (tertiary/aromatic N) is 5. The Kier molecular flexibility index (Phi) is 3.49. The monoisotopic (exact) mass is 313 g/mol. The van der Waals surface area contributed by atoms with E-state index < -0.39 is 0 Å². The summed E-state index contributed by atoms with van der Waals surface area (Å²) in [5.41, 5.74) is 1.70. The Morgan fingerprint density at radius 1 is 1.22 bits per heavy atom. The van der Waals surface area contributed by atoms with Crippen LogP contribution in [0.3, 0.4) is 0 Å². The zero-order valence-corrected chi connectivity index (χ0v) is 13.3. The topological polar surface area (TPSA) is 69.2 Å². The van der Waals surface area contributed by atoms with Crippen molar-refractivity contribution in [2.24, 2.45) is 0 Å². The number of aryl methyl sites for hydroxylation is 2. The first-order chi connectivity index (χ1) is 11.2. The fourth-order valence-electron chi connectivity index (χ4n) is 2.93. The minimum absolute atomic E-state index is 0.0403. The highest BCUT2D eigenvalue weighted by Crippen LogP contribution is 2.23. The average molecular weight is 313 g/mol. The molecule has 0 spiro atoms. The summed E-state index contributed by atoms with van der Waals surface area (Å²) in [6, 6.07) is 8.47. The number of anilines is 1. The van der Waals surface area contributed by atoms with Gasteiger partial charge in [0, 0.05) is 6.54 Å². The molecular formula is C16H19N5O2. The molecule has 0 amide bonds. The molecule has 1 aliphatic rings. The summed E-state index contributed by atoms with van der Waals surface area (Å²) in [5.74, 6) is 1.69. The van der Waals surface area contributed by atoms with Crippen molar-refractivity contribution in [3.05, 3.63) is 35.9 Å². The van der Waals surface area contributed by atoms with Crippen molar-refractivity contribution < 1.29 is 9.15 Å². The molecule has 0 N–H and O–H groups in total. The Morgan fingerprint density at radius 3 is 2.87 bits per heavy atom. The van der Waals surface area contributed by atoms with Crippen LogP contribution in [0.5, 0.6) is 0 Å². The van der Waals surface area contributed by atoms with Crippen molar-refractivity contribution in [2.75, 3.05) is 24.6 Å². The summed E-state index contributed by atoms with van der Waals surface area (Å²) < 4.78 is 13.6. The molecule has 2 aromatic heterocycles. The van der Waals surface area contributed by atoms with Crippen molar-refractivity contribution in [1.82, 2.24) is 19.7 Å². The summed E-state index contributed by atoms with van der Waals surface area (Å²) in [5, 5.41) is 4.40. The lowest BCUT2D eigenvalue weighted by Gasteiger charge is -2.31. The Balaban J connectivity index is 1.51. The predicted octanol–water partition coefficient (Wildman–Crippen LogP) is 1.94. The number of oxazole rings is 1. The molecular weight excluding hydrogens is 294 g/mol. The molecule has 1 unspecified atom stereocenters.